The lowest BCUT2D eigenvalue weighted by Crippen LogP contribution is -2.29. The summed E-state index contributed by atoms with van der Waals surface area (Å²) in [7, 11) is 0. The van der Waals surface area contributed by atoms with Gasteiger partial charge in [0.1, 0.15) is 0 Å². The number of carbonyl (C=O) groups is 2. The van der Waals surface area contributed by atoms with E-state index in [1.807, 2.05) is 13.8 Å². The van der Waals surface area contributed by atoms with Crippen LogP contribution < -0.4 is 5.32 Å². The van der Waals surface area contributed by atoms with Gasteiger partial charge in [-0.15, -0.1) is 0 Å². The third kappa shape index (κ3) is 6.65. The molecule has 1 rings (SSSR count). The number of nitrogens with one attached hydrogen (secondary N) is 1. The number of benzene rings is 1. The summed E-state index contributed by atoms with van der Waals surface area (Å²) >= 11 is 8.00. The fourth-order valence-corrected chi connectivity index (χ4v) is 2.60. The molecule has 21 heavy (non-hydrogen) atoms. The SMILES string of the molecule is CC(C)(CCNC(=O)c1cc(Cl)ccc1I)CCC(=O)O. The number of hydrogen-bond acceptors (Lipinski definition) is 2. The van der Waals surface area contributed by atoms with Crippen molar-refractivity contribution in [3.63, 3.8) is 0 Å². The summed E-state index contributed by atoms with van der Waals surface area (Å²) in [6.45, 7) is 4.52. The van der Waals surface area contributed by atoms with Gasteiger partial charge in [0.15, 0.2) is 0 Å². The van der Waals surface area contributed by atoms with Crippen molar-refractivity contribution in [3.05, 3.63) is 32.4 Å². The fraction of sp³-hybridized carbons (Fsp3) is 0.467. The lowest BCUT2D eigenvalue weighted by atomic mass is 9.84. The summed E-state index contributed by atoms with van der Waals surface area (Å²) in [5, 5.41) is 12.1. The van der Waals surface area contributed by atoms with Gasteiger partial charge in [-0.3, -0.25) is 9.59 Å². The van der Waals surface area contributed by atoms with Crippen LogP contribution in [-0.4, -0.2) is 23.5 Å². The first-order valence-corrected chi connectivity index (χ1v) is 8.12. The molecule has 116 valence electrons. The molecule has 2 N–H and O–H groups in total. The van der Waals surface area contributed by atoms with Gasteiger partial charge in [0.25, 0.3) is 5.91 Å². The van der Waals surface area contributed by atoms with Gasteiger partial charge in [-0.2, -0.15) is 0 Å². The molecule has 0 saturated carbocycles. The second-order valence-corrected chi connectivity index (χ2v) is 7.29. The zero-order valence-electron chi connectivity index (χ0n) is 12.1. The van der Waals surface area contributed by atoms with Gasteiger partial charge in [0.2, 0.25) is 0 Å². The molecule has 0 aliphatic carbocycles. The van der Waals surface area contributed by atoms with E-state index in [0.29, 0.717) is 23.6 Å². The Kier molecular flexibility index (Phi) is 6.93. The smallest absolute Gasteiger partial charge is 0.303 e. The highest BCUT2D eigenvalue weighted by Gasteiger charge is 2.19. The van der Waals surface area contributed by atoms with Crippen molar-refractivity contribution in [2.24, 2.45) is 5.41 Å². The maximum absolute atomic E-state index is 12.1. The lowest BCUT2D eigenvalue weighted by molar-refractivity contribution is -0.137. The van der Waals surface area contributed by atoms with Crippen LogP contribution in [0, 0.1) is 8.99 Å². The largest absolute Gasteiger partial charge is 0.481 e. The lowest BCUT2D eigenvalue weighted by Gasteiger charge is -2.23. The van der Waals surface area contributed by atoms with Crippen LogP contribution in [0.5, 0.6) is 0 Å². The molecule has 0 aromatic heterocycles. The molecule has 0 aliphatic rings. The molecule has 4 nitrogen and oxygen atoms in total. The Bertz CT molecular complexity index is 532. The van der Waals surface area contributed by atoms with E-state index in [0.717, 1.165) is 9.99 Å². The Morgan fingerprint density at radius 1 is 1.33 bits per heavy atom. The zero-order chi connectivity index (χ0) is 16.0. The zero-order valence-corrected chi connectivity index (χ0v) is 15.0. The highest BCUT2D eigenvalue weighted by Crippen LogP contribution is 2.26. The van der Waals surface area contributed by atoms with Crippen LogP contribution in [0.15, 0.2) is 18.2 Å². The summed E-state index contributed by atoms with van der Waals surface area (Å²) in [6, 6.07) is 5.19. The molecule has 0 bridgehead atoms. The molecule has 0 saturated heterocycles. The topological polar surface area (TPSA) is 66.4 Å². The van der Waals surface area contributed by atoms with Gasteiger partial charge in [-0.1, -0.05) is 25.4 Å². The number of halogens is 2. The molecule has 0 aliphatic heterocycles. The Hall–Kier alpha value is -0.820. The Morgan fingerprint density at radius 3 is 2.62 bits per heavy atom. The van der Waals surface area contributed by atoms with Gasteiger partial charge in [0, 0.05) is 21.6 Å². The summed E-state index contributed by atoms with van der Waals surface area (Å²) in [4.78, 5) is 22.7. The van der Waals surface area contributed by atoms with E-state index in [-0.39, 0.29) is 17.7 Å². The van der Waals surface area contributed by atoms with Crippen LogP contribution in [0.25, 0.3) is 0 Å². The number of carboxylic acid groups (broad SMARTS) is 1. The van der Waals surface area contributed by atoms with Crippen molar-refractivity contribution in [1.82, 2.24) is 5.32 Å². The molecule has 6 heteroatoms. The maximum Gasteiger partial charge on any atom is 0.303 e. The average molecular weight is 424 g/mol. The van der Waals surface area contributed by atoms with Gasteiger partial charge < -0.3 is 10.4 Å². The molecule has 0 unspecified atom stereocenters. The minimum absolute atomic E-state index is 0.118. The molecule has 0 radical (unpaired) electrons. The Morgan fingerprint density at radius 2 is 2.00 bits per heavy atom. The van der Waals surface area contributed by atoms with Crippen LogP contribution in [0.4, 0.5) is 0 Å². The number of carbonyl (C=O) groups excluding carboxylic acids is 1. The molecular weight excluding hydrogens is 405 g/mol. The summed E-state index contributed by atoms with van der Waals surface area (Å²) in [5.41, 5.74) is 0.444. The fourth-order valence-electron chi connectivity index (χ4n) is 1.85. The van der Waals surface area contributed by atoms with Crippen molar-refractivity contribution in [2.45, 2.75) is 33.1 Å². The third-order valence-corrected chi connectivity index (χ3v) is 4.45. The van der Waals surface area contributed by atoms with Crippen LogP contribution in [0.1, 0.15) is 43.5 Å². The van der Waals surface area contributed by atoms with E-state index in [1.54, 1.807) is 18.2 Å². The van der Waals surface area contributed by atoms with Crippen LogP contribution in [-0.2, 0) is 4.79 Å². The van der Waals surface area contributed by atoms with Gasteiger partial charge >= 0.3 is 5.97 Å². The second-order valence-electron chi connectivity index (χ2n) is 5.69. The quantitative estimate of drug-likeness (QED) is 0.653. The highest BCUT2D eigenvalue weighted by molar-refractivity contribution is 14.1. The minimum atomic E-state index is -0.791. The summed E-state index contributed by atoms with van der Waals surface area (Å²) < 4.78 is 0.847. The molecule has 1 aromatic rings. The van der Waals surface area contributed by atoms with Crippen LogP contribution in [0.3, 0.4) is 0 Å². The molecule has 1 amide bonds. The van der Waals surface area contributed by atoms with Gasteiger partial charge in [-0.25, -0.2) is 0 Å². The first-order chi connectivity index (χ1) is 9.71. The van der Waals surface area contributed by atoms with E-state index < -0.39 is 5.97 Å². The van der Waals surface area contributed by atoms with E-state index in [9.17, 15) is 9.59 Å². The van der Waals surface area contributed by atoms with E-state index in [4.69, 9.17) is 16.7 Å². The van der Waals surface area contributed by atoms with Crippen molar-refractivity contribution in [3.8, 4) is 0 Å². The van der Waals surface area contributed by atoms with Crippen molar-refractivity contribution < 1.29 is 14.7 Å². The summed E-state index contributed by atoms with van der Waals surface area (Å²) in [6.07, 6.45) is 1.46. The third-order valence-electron chi connectivity index (χ3n) is 3.28. The first-order valence-electron chi connectivity index (χ1n) is 6.66. The molecular formula is C15H19ClINO3. The number of amides is 1. The Labute approximate surface area is 143 Å². The monoisotopic (exact) mass is 423 g/mol. The average Bonchev–Trinajstić information content (AvgIpc) is 2.39. The number of carboxylic acids is 1. The van der Waals surface area contributed by atoms with E-state index in [2.05, 4.69) is 27.9 Å². The molecule has 0 atom stereocenters. The number of hydrogen-bond donors (Lipinski definition) is 2. The van der Waals surface area contributed by atoms with Crippen LogP contribution >= 0.6 is 34.2 Å². The van der Waals surface area contributed by atoms with Gasteiger partial charge in [0.05, 0.1) is 5.56 Å². The van der Waals surface area contributed by atoms with Crippen LogP contribution in [0.2, 0.25) is 5.02 Å². The van der Waals surface area contributed by atoms with Crippen molar-refractivity contribution in [1.29, 1.82) is 0 Å². The van der Waals surface area contributed by atoms with Crippen molar-refractivity contribution in [2.75, 3.05) is 6.54 Å². The molecule has 0 fully saturated rings. The highest BCUT2D eigenvalue weighted by atomic mass is 127. The van der Waals surface area contributed by atoms with E-state index >= 15 is 0 Å². The predicted octanol–water partition coefficient (Wildman–Crippen LogP) is 3.96. The predicted molar refractivity (Wildman–Crippen MR) is 91.8 cm³/mol. The number of aliphatic carboxylic acids is 1. The standard InChI is InChI=1S/C15H19ClINO3/c1-15(2,6-5-13(19)20)7-8-18-14(21)11-9-10(16)3-4-12(11)17/h3-4,9H,5-8H2,1-2H3,(H,18,21)(H,19,20). The normalized spacial score (nSPS) is 11.2. The Balaban J connectivity index is 2.50. The molecule has 1 aromatic carbocycles. The van der Waals surface area contributed by atoms with Gasteiger partial charge in [-0.05, 0) is 59.0 Å². The molecule has 0 spiro atoms. The van der Waals surface area contributed by atoms with Crippen molar-refractivity contribution >= 4 is 46.1 Å². The molecule has 0 heterocycles. The maximum atomic E-state index is 12.1. The van der Waals surface area contributed by atoms with E-state index in [1.165, 1.54) is 0 Å². The number of rotatable bonds is 7. The second kappa shape index (κ2) is 7.98. The first kappa shape index (κ1) is 18.2. The summed E-state index contributed by atoms with van der Waals surface area (Å²) in [5.74, 6) is -0.948. The minimum Gasteiger partial charge on any atom is -0.481 e.